The Morgan fingerprint density at radius 1 is 1.19 bits per heavy atom. The van der Waals surface area contributed by atoms with Crippen molar-refractivity contribution in [3.05, 3.63) is 53.6 Å². The quantitative estimate of drug-likeness (QED) is 0.913. The van der Waals surface area contributed by atoms with E-state index in [1.807, 2.05) is 0 Å². The van der Waals surface area contributed by atoms with Crippen molar-refractivity contribution >= 4 is 17.3 Å². The number of hydrogen-bond acceptors (Lipinski definition) is 3. The first-order valence-electron chi connectivity index (χ1n) is 6.29. The number of fused-ring (bicyclic) bond motifs is 1. The lowest BCUT2D eigenvalue weighted by atomic mass is 10.1. The molecule has 0 bridgehead atoms. The van der Waals surface area contributed by atoms with Crippen LogP contribution in [0.3, 0.4) is 0 Å². The molecule has 6 heteroatoms. The number of carbonyl (C=O) groups is 1. The molecule has 0 spiro atoms. The van der Waals surface area contributed by atoms with Crippen molar-refractivity contribution in [2.45, 2.75) is 6.04 Å². The highest BCUT2D eigenvalue weighted by molar-refractivity contribution is 6.04. The van der Waals surface area contributed by atoms with Gasteiger partial charge in [-0.05, 0) is 30.3 Å². The topological polar surface area (TPSA) is 50.4 Å². The molecule has 1 atom stereocenters. The number of carbonyl (C=O) groups excluding carboxylic acids is 1. The summed E-state index contributed by atoms with van der Waals surface area (Å²) in [4.78, 5) is 11.9. The fourth-order valence-corrected chi connectivity index (χ4v) is 2.30. The van der Waals surface area contributed by atoms with Crippen molar-refractivity contribution in [3.63, 3.8) is 0 Å². The molecular weight excluding hydrogens is 278 g/mol. The average molecular weight is 290 g/mol. The second-order valence-corrected chi connectivity index (χ2v) is 4.65. The third-order valence-corrected chi connectivity index (χ3v) is 3.31. The second-order valence-electron chi connectivity index (χ2n) is 4.65. The average Bonchev–Trinajstić information content (AvgIpc) is 2.75. The second kappa shape index (κ2) is 5.05. The summed E-state index contributed by atoms with van der Waals surface area (Å²) in [5.41, 5.74) is 1.45. The van der Waals surface area contributed by atoms with E-state index in [0.717, 1.165) is 0 Å². The fourth-order valence-electron chi connectivity index (χ4n) is 2.30. The first-order valence-corrected chi connectivity index (χ1v) is 6.29. The van der Waals surface area contributed by atoms with Crippen LogP contribution in [0.5, 0.6) is 5.75 Å². The number of anilines is 2. The zero-order valence-corrected chi connectivity index (χ0v) is 11.1. The van der Waals surface area contributed by atoms with Crippen LogP contribution in [-0.4, -0.2) is 13.0 Å². The lowest BCUT2D eigenvalue weighted by Crippen LogP contribution is -2.19. The van der Waals surface area contributed by atoms with Crippen LogP contribution in [0, 0.1) is 11.6 Å². The Labute approximate surface area is 119 Å². The van der Waals surface area contributed by atoms with E-state index in [0.29, 0.717) is 16.9 Å². The molecule has 2 aromatic carbocycles. The number of nitrogens with one attached hydrogen (secondary N) is 2. The van der Waals surface area contributed by atoms with E-state index in [4.69, 9.17) is 4.74 Å². The normalized spacial score (nSPS) is 16.3. The monoisotopic (exact) mass is 290 g/mol. The summed E-state index contributed by atoms with van der Waals surface area (Å²) in [5.74, 6) is -1.17. The molecule has 0 saturated heterocycles. The van der Waals surface area contributed by atoms with Gasteiger partial charge in [0, 0.05) is 23.0 Å². The Hall–Kier alpha value is -2.63. The summed E-state index contributed by atoms with van der Waals surface area (Å²) in [6.07, 6.45) is 0. The number of amides is 1. The summed E-state index contributed by atoms with van der Waals surface area (Å²) in [7, 11) is 1.37. The number of halogens is 2. The van der Waals surface area contributed by atoms with Crippen LogP contribution in [-0.2, 0) is 4.79 Å². The summed E-state index contributed by atoms with van der Waals surface area (Å²) in [6.45, 7) is 0. The van der Waals surface area contributed by atoms with E-state index in [1.165, 1.54) is 37.4 Å². The molecule has 4 nitrogen and oxygen atoms in total. The Morgan fingerprint density at radius 3 is 2.71 bits per heavy atom. The van der Waals surface area contributed by atoms with Gasteiger partial charge in [0.15, 0.2) is 11.6 Å². The zero-order chi connectivity index (χ0) is 15.0. The molecule has 2 N–H and O–H groups in total. The molecule has 1 unspecified atom stereocenters. The molecule has 0 aliphatic carbocycles. The molecule has 3 rings (SSSR count). The van der Waals surface area contributed by atoms with Crippen LogP contribution in [0.15, 0.2) is 36.4 Å². The lowest BCUT2D eigenvalue weighted by molar-refractivity contribution is -0.116. The van der Waals surface area contributed by atoms with Crippen LogP contribution >= 0.6 is 0 Å². The molecule has 0 radical (unpaired) electrons. The number of benzene rings is 2. The van der Waals surface area contributed by atoms with Gasteiger partial charge < -0.3 is 15.4 Å². The molecule has 1 aliphatic heterocycles. The minimum Gasteiger partial charge on any atom is -0.494 e. The van der Waals surface area contributed by atoms with Crippen LogP contribution in [0.4, 0.5) is 20.2 Å². The summed E-state index contributed by atoms with van der Waals surface area (Å²) < 4.78 is 31.8. The predicted octanol–water partition coefficient (Wildman–Crippen LogP) is 3.08. The van der Waals surface area contributed by atoms with Gasteiger partial charge in [-0.3, -0.25) is 4.79 Å². The smallest absolute Gasteiger partial charge is 0.251 e. The maximum absolute atomic E-state index is 13.7. The van der Waals surface area contributed by atoms with Crippen LogP contribution in [0.25, 0.3) is 0 Å². The van der Waals surface area contributed by atoms with Gasteiger partial charge in [0.05, 0.1) is 7.11 Å². The number of methoxy groups -OCH3 is 1. The molecule has 1 aliphatic rings. The molecule has 0 saturated carbocycles. The van der Waals surface area contributed by atoms with E-state index in [-0.39, 0.29) is 11.7 Å². The minimum absolute atomic E-state index is 0.114. The Morgan fingerprint density at radius 2 is 2.00 bits per heavy atom. The van der Waals surface area contributed by atoms with Gasteiger partial charge in [0.25, 0.3) is 5.91 Å². The minimum atomic E-state index is -0.761. The lowest BCUT2D eigenvalue weighted by Gasteiger charge is -2.14. The number of ether oxygens (including phenoxy) is 1. The van der Waals surface area contributed by atoms with E-state index < -0.39 is 17.7 Å². The maximum atomic E-state index is 13.7. The SMILES string of the molecule is COc1ccc(NC2C(=O)Nc3ccc(F)cc32)cc1F. The molecule has 0 fully saturated rings. The van der Waals surface area contributed by atoms with Gasteiger partial charge in [-0.1, -0.05) is 0 Å². The van der Waals surface area contributed by atoms with Crippen LogP contribution < -0.4 is 15.4 Å². The summed E-state index contributed by atoms with van der Waals surface area (Å²) in [6, 6.07) is 7.56. The first kappa shape index (κ1) is 13.4. The number of hydrogen-bond donors (Lipinski definition) is 2. The van der Waals surface area contributed by atoms with E-state index in [1.54, 1.807) is 6.07 Å². The van der Waals surface area contributed by atoms with Crippen molar-refractivity contribution < 1.29 is 18.3 Å². The maximum Gasteiger partial charge on any atom is 0.251 e. The Bertz CT molecular complexity index is 719. The summed E-state index contributed by atoms with van der Waals surface area (Å²) >= 11 is 0. The van der Waals surface area contributed by atoms with E-state index >= 15 is 0 Å². The van der Waals surface area contributed by atoms with Gasteiger partial charge in [-0.2, -0.15) is 0 Å². The van der Waals surface area contributed by atoms with Crippen molar-refractivity contribution in [3.8, 4) is 5.75 Å². The molecular formula is C15H12F2N2O2. The number of rotatable bonds is 3. The van der Waals surface area contributed by atoms with Crippen LogP contribution in [0.1, 0.15) is 11.6 Å². The molecule has 1 amide bonds. The molecule has 21 heavy (non-hydrogen) atoms. The molecule has 2 aromatic rings. The van der Waals surface area contributed by atoms with Crippen molar-refractivity contribution in [1.82, 2.24) is 0 Å². The standard InChI is InChI=1S/C15H12F2N2O2/c1-21-13-5-3-9(7-11(13)17)18-14-10-6-8(16)2-4-12(10)19-15(14)20/h2-7,14,18H,1H3,(H,19,20). The third kappa shape index (κ3) is 2.40. The zero-order valence-electron chi connectivity index (χ0n) is 11.1. The highest BCUT2D eigenvalue weighted by Gasteiger charge is 2.30. The van der Waals surface area contributed by atoms with Gasteiger partial charge in [-0.25, -0.2) is 8.78 Å². The largest absolute Gasteiger partial charge is 0.494 e. The van der Waals surface area contributed by atoms with Gasteiger partial charge in [0.1, 0.15) is 11.9 Å². The molecule has 108 valence electrons. The fraction of sp³-hybridized carbons (Fsp3) is 0.133. The predicted molar refractivity (Wildman–Crippen MR) is 74.3 cm³/mol. The Kier molecular flexibility index (Phi) is 3.21. The first-order chi connectivity index (χ1) is 10.1. The van der Waals surface area contributed by atoms with Crippen molar-refractivity contribution in [2.24, 2.45) is 0 Å². The molecule has 0 aromatic heterocycles. The van der Waals surface area contributed by atoms with Gasteiger partial charge in [0.2, 0.25) is 0 Å². The molecule has 1 heterocycles. The van der Waals surface area contributed by atoms with E-state index in [9.17, 15) is 13.6 Å². The highest BCUT2D eigenvalue weighted by atomic mass is 19.1. The highest BCUT2D eigenvalue weighted by Crippen LogP contribution is 2.34. The van der Waals surface area contributed by atoms with Gasteiger partial charge in [-0.15, -0.1) is 0 Å². The summed E-state index contributed by atoms with van der Waals surface area (Å²) in [5, 5.41) is 5.54. The van der Waals surface area contributed by atoms with Crippen molar-refractivity contribution in [2.75, 3.05) is 17.7 Å². The van der Waals surface area contributed by atoms with E-state index in [2.05, 4.69) is 10.6 Å². The van der Waals surface area contributed by atoms with Crippen LogP contribution in [0.2, 0.25) is 0 Å². The van der Waals surface area contributed by atoms with Gasteiger partial charge >= 0.3 is 0 Å². The Balaban J connectivity index is 1.90. The third-order valence-electron chi connectivity index (χ3n) is 3.31. The van der Waals surface area contributed by atoms with Crippen molar-refractivity contribution in [1.29, 1.82) is 0 Å².